The molecule has 0 atom stereocenters. The molecule has 6 heterocycles. The molecule has 0 bridgehead atoms. The Morgan fingerprint density at radius 3 is 0.948 bits per heavy atom. The van der Waals surface area contributed by atoms with Crippen LogP contribution in [0.5, 0.6) is 0 Å². The van der Waals surface area contributed by atoms with E-state index in [2.05, 4.69) is 334 Å². The monoisotopic (exact) mass is 1230 g/mol. The van der Waals surface area contributed by atoms with Crippen LogP contribution < -0.4 is 0 Å². The van der Waals surface area contributed by atoms with Gasteiger partial charge in [0.05, 0.1) is 66.9 Å². The Labute approximate surface area is 556 Å². The summed E-state index contributed by atoms with van der Waals surface area (Å²) in [7, 11) is 0. The fourth-order valence-corrected chi connectivity index (χ4v) is 15.8. The van der Waals surface area contributed by atoms with E-state index in [0.717, 1.165) is 165 Å². The van der Waals surface area contributed by atoms with Gasteiger partial charge in [0.1, 0.15) is 22.7 Å². The van der Waals surface area contributed by atoms with Gasteiger partial charge >= 0.3 is 0 Å². The van der Waals surface area contributed by atoms with E-state index in [1.165, 1.54) is 0 Å². The largest absolute Gasteiger partial charge is 0.454 e. The van der Waals surface area contributed by atoms with Gasteiger partial charge in [0.25, 0.3) is 0 Å². The number of furan rings is 1. The van der Waals surface area contributed by atoms with Crippen LogP contribution in [0.15, 0.2) is 332 Å². The zero-order chi connectivity index (χ0) is 63.8. The van der Waals surface area contributed by atoms with Crippen LogP contribution in [-0.2, 0) is 0 Å². The maximum atomic E-state index is 13.6. The van der Waals surface area contributed by atoms with E-state index >= 15 is 0 Å². The Balaban J connectivity index is 1.12. The first-order valence-electron chi connectivity index (χ1n) is 32.9. The molecule has 0 saturated carbocycles. The molecule has 0 fully saturated rings. The Hall–Kier alpha value is -13.3. The van der Waals surface area contributed by atoms with E-state index in [4.69, 9.17) is 9.40 Å². The first-order chi connectivity index (χ1) is 48.1. The molecule has 0 saturated heterocycles. The van der Waals surface area contributed by atoms with E-state index in [1.807, 2.05) is 18.3 Å². The van der Waals surface area contributed by atoms with Crippen LogP contribution in [0.4, 0.5) is 0 Å². The zero-order valence-corrected chi connectivity index (χ0v) is 52.3. The number of hydrogen-bond acceptors (Lipinski definition) is 3. The number of pyridine rings is 1. The van der Waals surface area contributed by atoms with Crippen LogP contribution in [-0.4, -0.2) is 23.3 Å². The number of nitrogens with zero attached hydrogens (tertiary/aromatic N) is 6. The molecule has 20 rings (SSSR count). The number of nitriles is 1. The van der Waals surface area contributed by atoms with Crippen LogP contribution in [0.2, 0.25) is 0 Å². The summed E-state index contributed by atoms with van der Waals surface area (Å²) in [6, 6.07) is 119. The molecule has 20 aromatic rings. The summed E-state index contributed by atoms with van der Waals surface area (Å²) in [4.78, 5) is 5.08. The molecule has 0 radical (unpaired) electrons. The number of benzene rings is 14. The summed E-state index contributed by atoms with van der Waals surface area (Å²) in [5.74, 6) is 0. The second kappa shape index (κ2) is 21.4. The van der Waals surface area contributed by atoms with Gasteiger partial charge in [0.15, 0.2) is 5.58 Å². The van der Waals surface area contributed by atoms with Crippen LogP contribution >= 0.6 is 0 Å². The second-order valence-corrected chi connectivity index (χ2v) is 25.2. The Kier molecular flexibility index (Phi) is 12.0. The lowest BCUT2D eigenvalue weighted by Crippen LogP contribution is -2.16. The van der Waals surface area contributed by atoms with Gasteiger partial charge in [-0.2, -0.15) is 5.26 Å². The quantitative estimate of drug-likeness (QED) is 0.145. The van der Waals surface area contributed by atoms with E-state index in [1.54, 1.807) is 0 Å². The third-order valence-electron chi connectivity index (χ3n) is 20.0. The Bertz CT molecular complexity index is 6340. The summed E-state index contributed by atoms with van der Waals surface area (Å²) in [6.45, 7) is 0. The minimum atomic E-state index is 0.461. The van der Waals surface area contributed by atoms with Gasteiger partial charge in [-0.25, -0.2) is 0 Å². The zero-order valence-electron chi connectivity index (χ0n) is 52.3. The summed E-state index contributed by atoms with van der Waals surface area (Å²) < 4.78 is 17.3. The van der Waals surface area contributed by atoms with Gasteiger partial charge in [-0.3, -0.25) is 4.98 Å². The molecule has 450 valence electrons. The maximum absolute atomic E-state index is 13.6. The molecule has 0 N–H and O–H groups in total. The summed E-state index contributed by atoms with van der Waals surface area (Å²) in [5, 5.41) is 23.0. The summed E-state index contributed by atoms with van der Waals surface area (Å²) in [6.07, 6.45) is 1.85. The fraction of sp³-hybridized carbons (Fsp3) is 0. The van der Waals surface area contributed by atoms with Crippen molar-refractivity contribution in [2.24, 2.45) is 0 Å². The number of aromatic nitrogens is 5. The van der Waals surface area contributed by atoms with Crippen LogP contribution in [0.25, 0.3) is 188 Å². The van der Waals surface area contributed by atoms with Crippen molar-refractivity contribution >= 4 is 109 Å². The van der Waals surface area contributed by atoms with Crippen molar-refractivity contribution in [3.05, 3.63) is 333 Å². The molecule has 0 aliphatic carbocycles. The van der Waals surface area contributed by atoms with Crippen molar-refractivity contribution in [3.8, 4) is 84.5 Å². The average molecular weight is 1240 g/mol. The topological polar surface area (TPSA) is 69.5 Å². The predicted molar refractivity (Wildman–Crippen MR) is 401 cm³/mol. The van der Waals surface area contributed by atoms with Crippen molar-refractivity contribution in [1.29, 1.82) is 5.26 Å². The molecule has 7 nitrogen and oxygen atoms in total. The smallest absolute Gasteiger partial charge is 0.153 e. The number of hydrogen-bond donors (Lipinski definition) is 0. The number of fused-ring (bicyclic) bond motifs is 15. The molecule has 0 aliphatic rings. The molecular weight excluding hydrogens is 1180 g/mol. The van der Waals surface area contributed by atoms with E-state index < -0.39 is 0 Å². The van der Waals surface area contributed by atoms with E-state index in [9.17, 15) is 5.26 Å². The SMILES string of the molecule is N#Cc1c(-n2c3ccccc3c3ccc(-c4ccccc4)cc32)c(-n2c3ccccc3c3ccc(-c4ccccc4)cc32)c(-c2cccc3c2oc2cccnc23)c(-n2c3ccccc3c3ccc(-c4ccccc4)cc32)c1-n1c2ccccc2c2ccc(-c3ccccc3)cc21. The van der Waals surface area contributed by atoms with Crippen molar-refractivity contribution in [2.75, 3.05) is 0 Å². The first-order valence-corrected chi connectivity index (χ1v) is 32.9. The average Bonchev–Trinajstić information content (AvgIpc) is 1.49. The summed E-state index contributed by atoms with van der Waals surface area (Å²) >= 11 is 0. The van der Waals surface area contributed by atoms with Crippen molar-refractivity contribution in [2.45, 2.75) is 0 Å². The second-order valence-electron chi connectivity index (χ2n) is 25.2. The molecule has 0 spiro atoms. The number of para-hydroxylation sites is 5. The molecule has 14 aromatic carbocycles. The lowest BCUT2D eigenvalue weighted by atomic mass is 9.92. The van der Waals surface area contributed by atoms with Crippen LogP contribution in [0, 0.1) is 11.3 Å². The first kappa shape index (κ1) is 54.3. The van der Waals surface area contributed by atoms with Crippen molar-refractivity contribution in [3.63, 3.8) is 0 Å². The van der Waals surface area contributed by atoms with Crippen molar-refractivity contribution in [1.82, 2.24) is 23.3 Å². The number of rotatable bonds is 9. The fourth-order valence-electron chi connectivity index (χ4n) is 15.8. The molecule has 0 unspecified atom stereocenters. The molecule has 0 aliphatic heterocycles. The van der Waals surface area contributed by atoms with Gasteiger partial charge in [-0.05, 0) is 111 Å². The lowest BCUT2D eigenvalue weighted by molar-refractivity contribution is 0.669. The highest BCUT2D eigenvalue weighted by Crippen LogP contribution is 2.54. The van der Waals surface area contributed by atoms with Gasteiger partial charge in [-0.1, -0.05) is 255 Å². The highest BCUT2D eigenvalue weighted by molar-refractivity contribution is 6.20. The molecule has 0 amide bonds. The Morgan fingerprint density at radius 2 is 0.588 bits per heavy atom. The van der Waals surface area contributed by atoms with E-state index in [0.29, 0.717) is 28.1 Å². The molecule has 6 aromatic heterocycles. The minimum Gasteiger partial charge on any atom is -0.454 e. The van der Waals surface area contributed by atoms with Crippen LogP contribution in [0.1, 0.15) is 5.56 Å². The highest BCUT2D eigenvalue weighted by Gasteiger charge is 2.36. The highest BCUT2D eigenvalue weighted by atomic mass is 16.3. The van der Waals surface area contributed by atoms with Gasteiger partial charge < -0.3 is 22.7 Å². The van der Waals surface area contributed by atoms with Gasteiger partial charge in [0.2, 0.25) is 0 Å². The third-order valence-corrected chi connectivity index (χ3v) is 20.0. The minimum absolute atomic E-state index is 0.461. The third kappa shape index (κ3) is 8.11. The maximum Gasteiger partial charge on any atom is 0.153 e. The normalized spacial score (nSPS) is 11.9. The summed E-state index contributed by atoms with van der Waals surface area (Å²) in [5.41, 5.74) is 23.4. The van der Waals surface area contributed by atoms with Gasteiger partial charge in [-0.15, -0.1) is 0 Å². The molecule has 7 heteroatoms. The van der Waals surface area contributed by atoms with Crippen LogP contribution in [0.3, 0.4) is 0 Å². The predicted octanol–water partition coefficient (Wildman–Crippen LogP) is 23.6. The Morgan fingerprint density at radius 1 is 0.268 bits per heavy atom. The molecule has 97 heavy (non-hydrogen) atoms. The van der Waals surface area contributed by atoms with Crippen molar-refractivity contribution < 1.29 is 4.42 Å². The lowest BCUT2D eigenvalue weighted by Gasteiger charge is -2.29. The molecular formula is C90H54N6O. The van der Waals surface area contributed by atoms with E-state index in [-0.39, 0.29) is 0 Å². The standard InChI is InChI=1S/C90H54N6O/c91-55-74-86(93-75-37-17-13-31-64(75)68-46-42-60(51-79(68)93)56-23-5-1-6-24-56)88(95-77-39-19-15-33-66(77)70-48-44-62(53-81(70)95)58-27-9-3-10-28-58)84(72-35-21-36-73-85-83(97-90(72)73)41-22-50-92-85)89(96-78-40-20-16-34-67(78)71-49-45-63(54-82(71)96)59-29-11-4-12-30-59)87(74)94-76-38-18-14-32-65(76)69-47-43-61(52-80(69)94)57-25-7-2-8-26-57/h1-54H. The van der Waals surface area contributed by atoms with Gasteiger partial charge in [0, 0.05) is 65.8 Å².